The fourth-order valence-electron chi connectivity index (χ4n) is 0.926. The summed E-state index contributed by atoms with van der Waals surface area (Å²) < 4.78 is 4.36. The molecule has 0 unspecified atom stereocenters. The number of hydrogen-bond donors (Lipinski definition) is 1. The van der Waals surface area contributed by atoms with E-state index in [1.54, 1.807) is 24.3 Å². The van der Waals surface area contributed by atoms with E-state index in [1.807, 2.05) is 6.07 Å². The lowest BCUT2D eigenvalue weighted by Gasteiger charge is -1.98. The molecule has 0 spiro atoms. The van der Waals surface area contributed by atoms with E-state index in [9.17, 15) is 9.59 Å². The summed E-state index contributed by atoms with van der Waals surface area (Å²) in [5.74, 6) is -0.779. The third-order valence-corrected chi connectivity index (χ3v) is 1.67. The van der Waals surface area contributed by atoms with Crippen LogP contribution in [0.4, 0.5) is 0 Å². The number of carbonyl (C=O) groups is 2. The van der Waals surface area contributed by atoms with Gasteiger partial charge in [0.1, 0.15) is 0 Å². The van der Waals surface area contributed by atoms with Gasteiger partial charge >= 0.3 is 5.97 Å². The lowest BCUT2D eigenvalue weighted by molar-refractivity contribution is -0.134. The first-order valence-corrected chi connectivity index (χ1v) is 4.34. The normalized spacial score (nSPS) is 9.93. The molecule has 1 aromatic carbocycles. The van der Waals surface area contributed by atoms with Crippen LogP contribution in [0.3, 0.4) is 0 Å². The first-order valence-electron chi connectivity index (χ1n) is 4.34. The lowest BCUT2D eigenvalue weighted by Crippen LogP contribution is -2.17. The molecule has 4 heteroatoms. The molecule has 4 nitrogen and oxygen atoms in total. The second-order valence-electron chi connectivity index (χ2n) is 2.70. The molecule has 0 aliphatic carbocycles. The van der Waals surface area contributed by atoms with Crippen LogP contribution in [0.5, 0.6) is 0 Å². The SMILES string of the molecule is COC(=O)/C=C/NC(=O)c1ccccc1. The highest BCUT2D eigenvalue weighted by atomic mass is 16.5. The zero-order valence-electron chi connectivity index (χ0n) is 8.27. The number of ether oxygens (including phenoxy) is 1. The highest BCUT2D eigenvalue weighted by molar-refractivity contribution is 5.95. The number of carbonyl (C=O) groups excluding carboxylic acids is 2. The zero-order valence-corrected chi connectivity index (χ0v) is 8.27. The highest BCUT2D eigenvalue weighted by Crippen LogP contribution is 1.97. The molecule has 0 radical (unpaired) electrons. The zero-order chi connectivity index (χ0) is 11.1. The van der Waals surface area contributed by atoms with Crippen LogP contribution in [-0.4, -0.2) is 19.0 Å². The van der Waals surface area contributed by atoms with Crippen molar-refractivity contribution in [3.63, 3.8) is 0 Å². The predicted molar refractivity (Wildman–Crippen MR) is 55.1 cm³/mol. The summed E-state index contributed by atoms with van der Waals surface area (Å²) in [4.78, 5) is 22.1. The smallest absolute Gasteiger partial charge is 0.331 e. The highest BCUT2D eigenvalue weighted by Gasteiger charge is 2.00. The number of esters is 1. The Morgan fingerprint density at radius 1 is 1.27 bits per heavy atom. The number of nitrogens with one attached hydrogen (secondary N) is 1. The van der Waals surface area contributed by atoms with Crippen LogP contribution in [0.1, 0.15) is 10.4 Å². The molecule has 0 aliphatic rings. The Labute approximate surface area is 87.6 Å². The molecule has 0 aromatic heterocycles. The molecule has 0 bridgehead atoms. The molecule has 0 saturated carbocycles. The van der Waals surface area contributed by atoms with Crippen molar-refractivity contribution < 1.29 is 14.3 Å². The van der Waals surface area contributed by atoms with E-state index in [2.05, 4.69) is 10.1 Å². The third-order valence-electron chi connectivity index (χ3n) is 1.67. The van der Waals surface area contributed by atoms with Gasteiger partial charge in [-0.25, -0.2) is 4.79 Å². The van der Waals surface area contributed by atoms with E-state index < -0.39 is 5.97 Å². The average Bonchev–Trinajstić information content (AvgIpc) is 2.29. The number of methoxy groups -OCH3 is 1. The Morgan fingerprint density at radius 2 is 1.93 bits per heavy atom. The van der Waals surface area contributed by atoms with Crippen LogP contribution >= 0.6 is 0 Å². The largest absolute Gasteiger partial charge is 0.466 e. The Hall–Kier alpha value is -2.10. The van der Waals surface area contributed by atoms with Crippen molar-refractivity contribution in [2.75, 3.05) is 7.11 Å². The van der Waals surface area contributed by atoms with E-state index >= 15 is 0 Å². The summed E-state index contributed by atoms with van der Waals surface area (Å²) in [6.07, 6.45) is 2.39. The van der Waals surface area contributed by atoms with E-state index in [-0.39, 0.29) is 5.91 Å². The van der Waals surface area contributed by atoms with E-state index in [1.165, 1.54) is 13.3 Å². The molecular formula is C11H11NO3. The molecule has 1 amide bonds. The molecule has 0 atom stereocenters. The van der Waals surface area contributed by atoms with Crippen LogP contribution in [0.15, 0.2) is 42.6 Å². The summed E-state index contributed by atoms with van der Waals surface area (Å²) >= 11 is 0. The molecule has 78 valence electrons. The van der Waals surface area contributed by atoms with Crippen molar-refractivity contribution in [2.24, 2.45) is 0 Å². The van der Waals surface area contributed by atoms with Gasteiger partial charge in [0, 0.05) is 17.8 Å². The van der Waals surface area contributed by atoms with Gasteiger partial charge in [0.15, 0.2) is 0 Å². The van der Waals surface area contributed by atoms with Crippen LogP contribution < -0.4 is 5.32 Å². The lowest BCUT2D eigenvalue weighted by atomic mass is 10.2. The molecule has 0 aliphatic heterocycles. The standard InChI is InChI=1S/C11H11NO3/c1-15-10(13)7-8-12-11(14)9-5-3-2-4-6-9/h2-8H,1H3,(H,12,14)/b8-7+. The van der Waals surface area contributed by atoms with Crippen molar-refractivity contribution in [3.05, 3.63) is 48.2 Å². The number of rotatable bonds is 3. The number of benzene rings is 1. The Kier molecular flexibility index (Phi) is 4.09. The fraction of sp³-hybridized carbons (Fsp3) is 0.0909. The van der Waals surface area contributed by atoms with Gasteiger partial charge in [-0.1, -0.05) is 18.2 Å². The topological polar surface area (TPSA) is 55.4 Å². The molecule has 1 N–H and O–H groups in total. The minimum Gasteiger partial charge on any atom is -0.466 e. The monoisotopic (exact) mass is 205 g/mol. The van der Waals surface area contributed by atoms with Gasteiger partial charge in [0.05, 0.1) is 7.11 Å². The van der Waals surface area contributed by atoms with Crippen molar-refractivity contribution in [1.82, 2.24) is 5.32 Å². The van der Waals surface area contributed by atoms with Gasteiger partial charge in [-0.3, -0.25) is 4.79 Å². The summed E-state index contributed by atoms with van der Waals surface area (Å²) in [7, 11) is 1.27. The molecule has 0 heterocycles. The summed E-state index contributed by atoms with van der Waals surface area (Å²) in [6.45, 7) is 0. The predicted octanol–water partition coefficient (Wildman–Crippen LogP) is 1.10. The Balaban J connectivity index is 2.51. The first-order chi connectivity index (χ1) is 7.24. The molecule has 1 rings (SSSR count). The van der Waals surface area contributed by atoms with E-state index in [4.69, 9.17) is 0 Å². The Bertz CT molecular complexity index is 371. The van der Waals surface area contributed by atoms with Gasteiger partial charge in [-0.15, -0.1) is 0 Å². The van der Waals surface area contributed by atoms with Crippen LogP contribution in [0.2, 0.25) is 0 Å². The maximum atomic E-state index is 11.4. The third kappa shape index (κ3) is 3.64. The average molecular weight is 205 g/mol. The van der Waals surface area contributed by atoms with E-state index in [0.29, 0.717) is 5.56 Å². The van der Waals surface area contributed by atoms with Crippen LogP contribution in [0.25, 0.3) is 0 Å². The van der Waals surface area contributed by atoms with Crippen LogP contribution in [0, 0.1) is 0 Å². The molecule has 0 saturated heterocycles. The Morgan fingerprint density at radius 3 is 2.53 bits per heavy atom. The molecular weight excluding hydrogens is 194 g/mol. The number of hydrogen-bond acceptors (Lipinski definition) is 3. The quantitative estimate of drug-likeness (QED) is 0.594. The fourth-order valence-corrected chi connectivity index (χ4v) is 0.926. The molecule has 0 fully saturated rings. The van der Waals surface area contributed by atoms with Gasteiger partial charge < -0.3 is 10.1 Å². The number of amides is 1. The van der Waals surface area contributed by atoms with Gasteiger partial charge in [-0.05, 0) is 12.1 Å². The van der Waals surface area contributed by atoms with Crippen molar-refractivity contribution in [1.29, 1.82) is 0 Å². The van der Waals surface area contributed by atoms with E-state index in [0.717, 1.165) is 6.08 Å². The van der Waals surface area contributed by atoms with Gasteiger partial charge in [-0.2, -0.15) is 0 Å². The minimum atomic E-state index is -0.511. The van der Waals surface area contributed by atoms with Gasteiger partial charge in [0.25, 0.3) is 5.91 Å². The maximum absolute atomic E-state index is 11.4. The maximum Gasteiger partial charge on any atom is 0.331 e. The summed E-state index contributed by atoms with van der Waals surface area (Å²) in [6, 6.07) is 8.71. The van der Waals surface area contributed by atoms with Crippen molar-refractivity contribution >= 4 is 11.9 Å². The second-order valence-corrected chi connectivity index (χ2v) is 2.70. The summed E-state index contributed by atoms with van der Waals surface area (Å²) in [5, 5.41) is 2.44. The molecule has 15 heavy (non-hydrogen) atoms. The first kappa shape index (κ1) is 11.0. The molecule has 1 aromatic rings. The van der Waals surface area contributed by atoms with Crippen LogP contribution in [-0.2, 0) is 9.53 Å². The van der Waals surface area contributed by atoms with Crippen molar-refractivity contribution in [3.8, 4) is 0 Å². The summed E-state index contributed by atoms with van der Waals surface area (Å²) in [5.41, 5.74) is 0.534. The second kappa shape index (κ2) is 5.59. The van der Waals surface area contributed by atoms with Crippen molar-refractivity contribution in [2.45, 2.75) is 0 Å². The minimum absolute atomic E-state index is 0.268. The van der Waals surface area contributed by atoms with Gasteiger partial charge in [0.2, 0.25) is 0 Å².